The quantitative estimate of drug-likeness (QED) is 0.663. The zero-order chi connectivity index (χ0) is 12.5. The molecule has 0 spiro atoms. The SMILES string of the molecule is COc1ccc2c(Cl)nc(-c3ccsc3)nc2c1. The molecule has 3 nitrogen and oxygen atoms in total. The van der Waals surface area contributed by atoms with Gasteiger partial charge in [-0.2, -0.15) is 11.3 Å². The molecule has 0 aliphatic rings. The van der Waals surface area contributed by atoms with E-state index in [1.165, 1.54) is 0 Å². The van der Waals surface area contributed by atoms with Crippen LogP contribution in [0.4, 0.5) is 0 Å². The lowest BCUT2D eigenvalue weighted by molar-refractivity contribution is 0.415. The molecular weight excluding hydrogens is 268 g/mol. The second-order valence-electron chi connectivity index (χ2n) is 3.73. The lowest BCUT2D eigenvalue weighted by Crippen LogP contribution is -1.91. The zero-order valence-corrected chi connectivity index (χ0v) is 11.1. The third kappa shape index (κ3) is 1.94. The minimum Gasteiger partial charge on any atom is -0.497 e. The van der Waals surface area contributed by atoms with Crippen LogP contribution in [0.2, 0.25) is 5.15 Å². The normalized spacial score (nSPS) is 10.8. The van der Waals surface area contributed by atoms with Gasteiger partial charge in [0.25, 0.3) is 0 Å². The highest BCUT2D eigenvalue weighted by atomic mass is 35.5. The summed E-state index contributed by atoms with van der Waals surface area (Å²) in [7, 11) is 1.63. The lowest BCUT2D eigenvalue weighted by Gasteiger charge is -2.05. The average molecular weight is 277 g/mol. The van der Waals surface area contributed by atoms with Crippen LogP contribution < -0.4 is 4.74 Å². The number of hydrogen-bond acceptors (Lipinski definition) is 4. The van der Waals surface area contributed by atoms with Gasteiger partial charge in [0.05, 0.1) is 12.6 Å². The van der Waals surface area contributed by atoms with Gasteiger partial charge in [0.2, 0.25) is 0 Å². The molecule has 0 unspecified atom stereocenters. The summed E-state index contributed by atoms with van der Waals surface area (Å²) >= 11 is 7.79. The van der Waals surface area contributed by atoms with Crippen molar-refractivity contribution in [1.82, 2.24) is 9.97 Å². The number of thiophene rings is 1. The number of benzene rings is 1. The number of aromatic nitrogens is 2. The van der Waals surface area contributed by atoms with Crippen molar-refractivity contribution in [3.63, 3.8) is 0 Å². The molecule has 2 heterocycles. The predicted molar refractivity (Wildman–Crippen MR) is 74.4 cm³/mol. The number of ether oxygens (including phenoxy) is 1. The van der Waals surface area contributed by atoms with Crippen molar-refractivity contribution in [2.45, 2.75) is 0 Å². The molecular formula is C13H9ClN2OS. The highest BCUT2D eigenvalue weighted by Crippen LogP contribution is 2.28. The summed E-state index contributed by atoms with van der Waals surface area (Å²) in [5, 5.41) is 5.28. The third-order valence-electron chi connectivity index (χ3n) is 2.64. The monoisotopic (exact) mass is 276 g/mol. The first-order valence-electron chi connectivity index (χ1n) is 5.32. The predicted octanol–water partition coefficient (Wildman–Crippen LogP) is 4.02. The van der Waals surface area contributed by atoms with Gasteiger partial charge in [-0.1, -0.05) is 11.6 Å². The average Bonchev–Trinajstić information content (AvgIpc) is 2.91. The van der Waals surface area contributed by atoms with Crippen LogP contribution in [-0.2, 0) is 0 Å². The van der Waals surface area contributed by atoms with E-state index < -0.39 is 0 Å². The smallest absolute Gasteiger partial charge is 0.162 e. The van der Waals surface area contributed by atoms with E-state index in [1.54, 1.807) is 18.4 Å². The first-order chi connectivity index (χ1) is 8.78. The molecule has 0 N–H and O–H groups in total. The number of methoxy groups -OCH3 is 1. The van der Waals surface area contributed by atoms with Crippen molar-refractivity contribution in [2.24, 2.45) is 0 Å². The fraction of sp³-hybridized carbons (Fsp3) is 0.0769. The molecule has 90 valence electrons. The zero-order valence-electron chi connectivity index (χ0n) is 9.55. The van der Waals surface area contributed by atoms with Gasteiger partial charge in [-0.15, -0.1) is 0 Å². The molecule has 3 aromatic rings. The van der Waals surface area contributed by atoms with Gasteiger partial charge in [-0.3, -0.25) is 0 Å². The Morgan fingerprint density at radius 2 is 2.11 bits per heavy atom. The number of fused-ring (bicyclic) bond motifs is 1. The molecule has 0 bridgehead atoms. The number of halogens is 1. The van der Waals surface area contributed by atoms with E-state index in [4.69, 9.17) is 16.3 Å². The Labute approximate surface area is 113 Å². The van der Waals surface area contributed by atoms with Crippen LogP contribution in [0.15, 0.2) is 35.0 Å². The van der Waals surface area contributed by atoms with Crippen LogP contribution in [0.3, 0.4) is 0 Å². The molecule has 5 heteroatoms. The number of hydrogen-bond donors (Lipinski definition) is 0. The van der Waals surface area contributed by atoms with Gasteiger partial charge < -0.3 is 4.74 Å². The Bertz CT molecular complexity index is 698. The van der Waals surface area contributed by atoms with Crippen LogP contribution in [-0.4, -0.2) is 17.1 Å². The summed E-state index contributed by atoms with van der Waals surface area (Å²) in [6, 6.07) is 7.55. The molecule has 1 aromatic carbocycles. The Morgan fingerprint density at radius 3 is 2.83 bits per heavy atom. The Morgan fingerprint density at radius 1 is 1.22 bits per heavy atom. The fourth-order valence-electron chi connectivity index (χ4n) is 1.72. The van der Waals surface area contributed by atoms with Crippen LogP contribution in [0.5, 0.6) is 5.75 Å². The first kappa shape index (κ1) is 11.4. The summed E-state index contributed by atoms with van der Waals surface area (Å²) in [5.41, 5.74) is 1.77. The summed E-state index contributed by atoms with van der Waals surface area (Å²) in [6.07, 6.45) is 0. The van der Waals surface area contributed by atoms with E-state index in [1.807, 2.05) is 35.0 Å². The van der Waals surface area contributed by atoms with Crippen molar-refractivity contribution in [1.29, 1.82) is 0 Å². The molecule has 0 saturated carbocycles. The third-order valence-corrected chi connectivity index (χ3v) is 3.61. The number of nitrogens with zero attached hydrogens (tertiary/aromatic N) is 2. The van der Waals surface area contributed by atoms with Crippen LogP contribution >= 0.6 is 22.9 Å². The van der Waals surface area contributed by atoms with E-state index >= 15 is 0 Å². The van der Waals surface area contributed by atoms with E-state index in [9.17, 15) is 0 Å². The number of rotatable bonds is 2. The van der Waals surface area contributed by atoms with Crippen molar-refractivity contribution >= 4 is 33.8 Å². The molecule has 0 amide bonds. The van der Waals surface area contributed by atoms with E-state index in [2.05, 4.69) is 9.97 Å². The second kappa shape index (κ2) is 4.55. The second-order valence-corrected chi connectivity index (χ2v) is 4.87. The fourth-order valence-corrected chi connectivity index (χ4v) is 2.59. The van der Waals surface area contributed by atoms with E-state index in [0.717, 1.165) is 22.2 Å². The van der Waals surface area contributed by atoms with Gasteiger partial charge >= 0.3 is 0 Å². The molecule has 3 rings (SSSR count). The Hall–Kier alpha value is -1.65. The summed E-state index contributed by atoms with van der Waals surface area (Å²) in [4.78, 5) is 8.84. The molecule has 0 atom stereocenters. The topological polar surface area (TPSA) is 35.0 Å². The van der Waals surface area contributed by atoms with E-state index in [0.29, 0.717) is 11.0 Å². The molecule has 0 saturated heterocycles. The van der Waals surface area contributed by atoms with Gasteiger partial charge in [-0.25, -0.2) is 9.97 Å². The van der Waals surface area contributed by atoms with E-state index in [-0.39, 0.29) is 0 Å². The highest BCUT2D eigenvalue weighted by Gasteiger charge is 2.09. The summed E-state index contributed by atoms with van der Waals surface area (Å²) in [5.74, 6) is 1.40. The van der Waals surface area contributed by atoms with Gasteiger partial charge in [-0.05, 0) is 23.6 Å². The molecule has 18 heavy (non-hydrogen) atoms. The maximum Gasteiger partial charge on any atom is 0.162 e. The van der Waals surface area contributed by atoms with Gasteiger partial charge in [0.15, 0.2) is 5.82 Å². The largest absolute Gasteiger partial charge is 0.497 e. The van der Waals surface area contributed by atoms with Crippen molar-refractivity contribution in [3.8, 4) is 17.1 Å². The molecule has 0 aliphatic heterocycles. The molecule has 0 aliphatic carbocycles. The van der Waals surface area contributed by atoms with Gasteiger partial charge in [0.1, 0.15) is 10.9 Å². The highest BCUT2D eigenvalue weighted by molar-refractivity contribution is 7.08. The van der Waals surface area contributed by atoms with Crippen LogP contribution in [0, 0.1) is 0 Å². The first-order valence-corrected chi connectivity index (χ1v) is 6.64. The standard InChI is InChI=1S/C13H9ClN2OS/c1-17-9-2-3-10-11(6-9)15-13(16-12(10)14)8-4-5-18-7-8/h2-7H,1H3. The van der Waals surface area contributed by atoms with Crippen molar-refractivity contribution in [2.75, 3.05) is 7.11 Å². The van der Waals surface area contributed by atoms with Gasteiger partial charge in [0, 0.05) is 22.4 Å². The minimum atomic E-state index is 0.462. The lowest BCUT2D eigenvalue weighted by atomic mass is 10.2. The van der Waals surface area contributed by atoms with Crippen LogP contribution in [0.1, 0.15) is 0 Å². The Balaban J connectivity index is 2.24. The maximum absolute atomic E-state index is 6.19. The molecule has 0 radical (unpaired) electrons. The summed E-state index contributed by atoms with van der Waals surface area (Å²) < 4.78 is 5.19. The Kier molecular flexibility index (Phi) is 2.89. The van der Waals surface area contributed by atoms with Crippen molar-refractivity contribution in [3.05, 3.63) is 40.2 Å². The molecule has 0 fully saturated rings. The minimum absolute atomic E-state index is 0.462. The summed E-state index contributed by atoms with van der Waals surface area (Å²) in [6.45, 7) is 0. The maximum atomic E-state index is 6.19. The van der Waals surface area contributed by atoms with Crippen LogP contribution in [0.25, 0.3) is 22.3 Å². The molecule has 2 aromatic heterocycles. The van der Waals surface area contributed by atoms with Crippen molar-refractivity contribution < 1.29 is 4.74 Å².